The number of aryl methyl sites for hydroxylation is 2. The molecule has 4 aromatic rings. The predicted octanol–water partition coefficient (Wildman–Crippen LogP) is 1.22. The lowest BCUT2D eigenvalue weighted by Gasteiger charge is -2.34. The maximum Gasteiger partial charge on any atom is 0.417 e. The van der Waals surface area contributed by atoms with Gasteiger partial charge in [-0.1, -0.05) is 0 Å². The van der Waals surface area contributed by atoms with Crippen LogP contribution in [0.5, 0.6) is 0 Å². The predicted molar refractivity (Wildman–Crippen MR) is 116 cm³/mol. The second-order valence-electron chi connectivity index (χ2n) is 7.64. The first-order valence-electron chi connectivity index (χ1n) is 10.0. The van der Waals surface area contributed by atoms with Gasteiger partial charge in [0.1, 0.15) is 12.1 Å². The van der Waals surface area contributed by atoms with Gasteiger partial charge in [-0.15, -0.1) is 0 Å². The lowest BCUT2D eigenvalue weighted by atomic mass is 10.3. The van der Waals surface area contributed by atoms with Gasteiger partial charge >= 0.3 is 5.76 Å². The van der Waals surface area contributed by atoms with E-state index in [-0.39, 0.29) is 4.90 Å². The molecule has 0 aliphatic carbocycles. The first-order chi connectivity index (χ1) is 15.3. The standard InChI is InChI=1S/C20H21N7O4S/c1-13-9-14(2)27(24-13)19-11-18(21-12-22-19)25-5-7-26(8-6-25)32(29,30)15-3-4-17-16(10-15)23-20(28)31-17/h3-4,9-12H,5-8H2,1-2H3,(H,23,28). The van der Waals surface area contributed by atoms with E-state index in [1.807, 2.05) is 30.9 Å². The number of benzene rings is 1. The molecule has 1 N–H and O–H groups in total. The Kier molecular flexibility index (Phi) is 4.82. The molecule has 11 nitrogen and oxygen atoms in total. The van der Waals surface area contributed by atoms with Crippen LogP contribution in [-0.4, -0.2) is 63.6 Å². The van der Waals surface area contributed by atoms with Gasteiger partial charge in [-0.25, -0.2) is 27.9 Å². The Bertz CT molecular complexity index is 1460. The zero-order valence-electron chi connectivity index (χ0n) is 17.5. The first kappa shape index (κ1) is 20.4. The number of fused-ring (bicyclic) bond motifs is 1. The minimum atomic E-state index is -3.71. The zero-order chi connectivity index (χ0) is 22.5. The second-order valence-corrected chi connectivity index (χ2v) is 9.57. The van der Waals surface area contributed by atoms with Crippen LogP contribution < -0.4 is 10.7 Å². The normalized spacial score (nSPS) is 15.5. The van der Waals surface area contributed by atoms with E-state index in [1.165, 1.54) is 28.8 Å². The third kappa shape index (κ3) is 3.56. The molecule has 1 saturated heterocycles. The van der Waals surface area contributed by atoms with Gasteiger partial charge in [0.2, 0.25) is 10.0 Å². The number of anilines is 1. The van der Waals surface area contributed by atoms with Crippen molar-refractivity contribution in [2.75, 3.05) is 31.1 Å². The summed E-state index contributed by atoms with van der Waals surface area (Å²) in [6.45, 7) is 5.47. The van der Waals surface area contributed by atoms with Crippen molar-refractivity contribution < 1.29 is 12.8 Å². The van der Waals surface area contributed by atoms with E-state index in [4.69, 9.17) is 4.42 Å². The molecular weight excluding hydrogens is 434 g/mol. The van der Waals surface area contributed by atoms with Crippen LogP contribution in [0.1, 0.15) is 11.4 Å². The number of hydrogen-bond donors (Lipinski definition) is 1. The fourth-order valence-corrected chi connectivity index (χ4v) is 5.33. The fourth-order valence-electron chi connectivity index (χ4n) is 3.88. The van der Waals surface area contributed by atoms with Crippen molar-refractivity contribution in [3.05, 3.63) is 58.6 Å². The van der Waals surface area contributed by atoms with Gasteiger partial charge in [-0.2, -0.15) is 9.40 Å². The number of aromatic amines is 1. The Morgan fingerprint density at radius 2 is 1.75 bits per heavy atom. The minimum absolute atomic E-state index is 0.115. The largest absolute Gasteiger partial charge is 0.417 e. The fraction of sp³-hybridized carbons (Fsp3) is 0.300. The molecule has 1 aliphatic rings. The molecular formula is C20H21N7O4S. The van der Waals surface area contributed by atoms with Crippen LogP contribution >= 0.6 is 0 Å². The van der Waals surface area contributed by atoms with Crippen molar-refractivity contribution in [2.24, 2.45) is 0 Å². The highest BCUT2D eigenvalue weighted by molar-refractivity contribution is 7.89. The van der Waals surface area contributed by atoms with Gasteiger partial charge in [-0.05, 0) is 38.1 Å². The molecule has 0 bridgehead atoms. The summed E-state index contributed by atoms with van der Waals surface area (Å²) in [4.78, 5) is 24.7. The number of nitrogens with zero attached hydrogens (tertiary/aromatic N) is 6. The first-order valence-corrected chi connectivity index (χ1v) is 11.5. The van der Waals surface area contributed by atoms with Crippen LogP contribution in [0.3, 0.4) is 0 Å². The number of sulfonamides is 1. The Hall–Kier alpha value is -3.51. The molecule has 0 amide bonds. The van der Waals surface area contributed by atoms with Crippen molar-refractivity contribution in [3.8, 4) is 5.82 Å². The van der Waals surface area contributed by atoms with Crippen LogP contribution in [0.15, 0.2) is 50.8 Å². The summed E-state index contributed by atoms with van der Waals surface area (Å²) in [7, 11) is -3.71. The number of rotatable bonds is 4. The molecule has 32 heavy (non-hydrogen) atoms. The summed E-state index contributed by atoms with van der Waals surface area (Å²) in [5.41, 5.74) is 2.55. The van der Waals surface area contributed by atoms with Crippen molar-refractivity contribution in [2.45, 2.75) is 18.7 Å². The van der Waals surface area contributed by atoms with Gasteiger partial charge in [0.25, 0.3) is 0 Å². The second kappa shape index (κ2) is 7.57. The average molecular weight is 456 g/mol. The summed E-state index contributed by atoms with van der Waals surface area (Å²) >= 11 is 0. The quantitative estimate of drug-likeness (QED) is 0.486. The topological polar surface area (TPSA) is 130 Å². The number of nitrogens with one attached hydrogen (secondary N) is 1. The highest BCUT2D eigenvalue weighted by Crippen LogP contribution is 2.23. The molecule has 0 saturated carbocycles. The molecule has 4 heterocycles. The van der Waals surface area contributed by atoms with E-state index in [1.54, 1.807) is 4.68 Å². The maximum atomic E-state index is 13.1. The lowest BCUT2D eigenvalue weighted by molar-refractivity contribution is 0.384. The van der Waals surface area contributed by atoms with Crippen molar-refractivity contribution in [1.82, 2.24) is 29.0 Å². The Morgan fingerprint density at radius 3 is 2.47 bits per heavy atom. The summed E-state index contributed by atoms with van der Waals surface area (Å²) in [6.07, 6.45) is 1.49. The van der Waals surface area contributed by atoms with E-state index in [2.05, 4.69) is 20.1 Å². The molecule has 0 spiro atoms. The van der Waals surface area contributed by atoms with E-state index >= 15 is 0 Å². The third-order valence-electron chi connectivity index (χ3n) is 5.46. The lowest BCUT2D eigenvalue weighted by Crippen LogP contribution is -2.49. The van der Waals surface area contributed by atoms with Crippen molar-refractivity contribution in [3.63, 3.8) is 0 Å². The van der Waals surface area contributed by atoms with Crippen LogP contribution in [0.25, 0.3) is 16.9 Å². The third-order valence-corrected chi connectivity index (χ3v) is 7.35. The number of aromatic nitrogens is 5. The van der Waals surface area contributed by atoms with Gasteiger partial charge in [0.05, 0.1) is 16.1 Å². The number of piperazine rings is 1. The van der Waals surface area contributed by atoms with Crippen LogP contribution in [0.4, 0.5) is 5.82 Å². The van der Waals surface area contributed by atoms with Gasteiger partial charge in [0.15, 0.2) is 11.4 Å². The molecule has 0 radical (unpaired) electrons. The van der Waals surface area contributed by atoms with Gasteiger partial charge in [-0.3, -0.25) is 4.98 Å². The van der Waals surface area contributed by atoms with E-state index in [0.717, 1.165) is 17.2 Å². The van der Waals surface area contributed by atoms with Crippen molar-refractivity contribution >= 4 is 26.9 Å². The van der Waals surface area contributed by atoms with Crippen molar-refractivity contribution in [1.29, 1.82) is 0 Å². The Balaban J connectivity index is 1.34. The van der Waals surface area contributed by atoms with Crippen LogP contribution in [0, 0.1) is 13.8 Å². The SMILES string of the molecule is Cc1cc(C)n(-c2cc(N3CCN(S(=O)(=O)c4ccc5oc(=O)[nH]c5c4)CC3)ncn2)n1. The highest BCUT2D eigenvalue weighted by atomic mass is 32.2. The minimum Gasteiger partial charge on any atom is -0.408 e. The highest BCUT2D eigenvalue weighted by Gasteiger charge is 2.29. The zero-order valence-corrected chi connectivity index (χ0v) is 18.3. The van der Waals surface area contributed by atoms with Crippen LogP contribution in [-0.2, 0) is 10.0 Å². The summed E-state index contributed by atoms with van der Waals surface area (Å²) in [5, 5.41) is 4.46. The number of H-pyrrole nitrogens is 1. The molecule has 1 fully saturated rings. The molecule has 0 atom stereocenters. The van der Waals surface area contributed by atoms with Gasteiger partial charge < -0.3 is 9.32 Å². The summed E-state index contributed by atoms with van der Waals surface area (Å²) < 4.78 is 34.4. The summed E-state index contributed by atoms with van der Waals surface area (Å²) in [5.74, 6) is 0.767. The molecule has 5 rings (SSSR count). The monoisotopic (exact) mass is 455 g/mol. The Morgan fingerprint density at radius 1 is 1.00 bits per heavy atom. The van der Waals surface area contributed by atoms with Crippen LogP contribution in [0.2, 0.25) is 0 Å². The number of oxazole rings is 1. The smallest absolute Gasteiger partial charge is 0.408 e. The molecule has 166 valence electrons. The molecule has 1 aromatic carbocycles. The van der Waals surface area contributed by atoms with E-state index in [0.29, 0.717) is 43.1 Å². The Labute approximate surface area is 183 Å². The summed E-state index contributed by atoms with van der Waals surface area (Å²) in [6, 6.07) is 8.19. The maximum absolute atomic E-state index is 13.1. The van der Waals surface area contributed by atoms with E-state index in [9.17, 15) is 13.2 Å². The van der Waals surface area contributed by atoms with E-state index < -0.39 is 15.8 Å². The van der Waals surface area contributed by atoms with Gasteiger partial charge in [0, 0.05) is 37.9 Å². The number of hydrogen-bond acceptors (Lipinski definition) is 8. The molecule has 1 aliphatic heterocycles. The molecule has 0 unspecified atom stereocenters. The molecule has 3 aromatic heterocycles. The average Bonchev–Trinajstić information content (AvgIpc) is 3.33. The molecule has 12 heteroatoms.